The van der Waals surface area contributed by atoms with E-state index < -0.39 is 0 Å². The highest BCUT2D eigenvalue weighted by atomic mass is 16.5. The fraction of sp³-hybridized carbons (Fsp3) is 1.00. The molecule has 100 valence electrons. The van der Waals surface area contributed by atoms with Crippen LogP contribution in [0.15, 0.2) is 0 Å². The molecule has 2 aliphatic heterocycles. The van der Waals surface area contributed by atoms with Crippen molar-refractivity contribution in [3.05, 3.63) is 0 Å². The zero-order valence-corrected chi connectivity index (χ0v) is 11.3. The Morgan fingerprint density at radius 2 is 1.94 bits per heavy atom. The Morgan fingerprint density at radius 3 is 2.53 bits per heavy atom. The molecule has 1 N–H and O–H groups in total. The van der Waals surface area contributed by atoms with Gasteiger partial charge in [-0.2, -0.15) is 0 Å². The number of nitrogens with one attached hydrogen (secondary N) is 1. The second-order valence-electron chi connectivity index (χ2n) is 5.48. The number of hydrogen-bond donors (Lipinski definition) is 1. The lowest BCUT2D eigenvalue weighted by Crippen LogP contribution is -2.41. The molecule has 0 aliphatic carbocycles. The molecule has 2 heterocycles. The molecule has 2 saturated heterocycles. The Morgan fingerprint density at radius 1 is 1.18 bits per heavy atom. The van der Waals surface area contributed by atoms with Crippen molar-refractivity contribution in [2.45, 2.75) is 51.7 Å². The van der Waals surface area contributed by atoms with Gasteiger partial charge in [0.2, 0.25) is 0 Å². The van der Waals surface area contributed by atoms with Crippen molar-refractivity contribution >= 4 is 0 Å². The van der Waals surface area contributed by atoms with Crippen molar-refractivity contribution in [2.24, 2.45) is 11.8 Å². The minimum atomic E-state index is 0.430. The largest absolute Gasteiger partial charge is 0.381 e. The van der Waals surface area contributed by atoms with Crippen molar-refractivity contribution in [3.63, 3.8) is 0 Å². The predicted octanol–water partition coefficient (Wildman–Crippen LogP) is 2.21. The predicted molar refractivity (Wildman–Crippen MR) is 69.1 cm³/mol. The zero-order valence-electron chi connectivity index (χ0n) is 11.3. The smallest absolute Gasteiger partial charge is 0.0590 e. The van der Waals surface area contributed by atoms with Gasteiger partial charge in [0.1, 0.15) is 0 Å². The molecule has 3 unspecified atom stereocenters. The van der Waals surface area contributed by atoms with Crippen molar-refractivity contribution in [3.8, 4) is 0 Å². The molecule has 0 saturated carbocycles. The van der Waals surface area contributed by atoms with E-state index in [1.54, 1.807) is 0 Å². The van der Waals surface area contributed by atoms with Gasteiger partial charge in [0.15, 0.2) is 0 Å². The molecule has 0 aromatic heterocycles. The Bertz CT molecular complexity index is 216. The molecule has 0 aromatic carbocycles. The van der Waals surface area contributed by atoms with Crippen LogP contribution in [0.3, 0.4) is 0 Å². The average Bonchev–Trinajstić information content (AvgIpc) is 2.76. The first-order valence-electron chi connectivity index (χ1n) is 7.24. The molecule has 2 rings (SSSR count). The van der Waals surface area contributed by atoms with Crippen LogP contribution in [-0.4, -0.2) is 38.5 Å². The van der Waals surface area contributed by atoms with Crippen LogP contribution in [0.1, 0.15) is 39.5 Å². The quantitative estimate of drug-likeness (QED) is 0.800. The molecule has 0 radical (unpaired) electrons. The SMILES string of the molecule is CCNC(CC1CCOCC1)C1CCOC1C. The first kappa shape index (κ1) is 13.3. The van der Waals surface area contributed by atoms with E-state index >= 15 is 0 Å². The summed E-state index contributed by atoms with van der Waals surface area (Å²) >= 11 is 0. The van der Waals surface area contributed by atoms with Gasteiger partial charge in [-0.05, 0) is 45.1 Å². The average molecular weight is 241 g/mol. The van der Waals surface area contributed by atoms with E-state index in [0.717, 1.165) is 32.3 Å². The number of ether oxygens (including phenoxy) is 2. The van der Waals surface area contributed by atoms with E-state index in [4.69, 9.17) is 9.47 Å². The third-order valence-corrected chi connectivity index (χ3v) is 4.35. The topological polar surface area (TPSA) is 30.5 Å². The van der Waals surface area contributed by atoms with Gasteiger partial charge < -0.3 is 14.8 Å². The summed E-state index contributed by atoms with van der Waals surface area (Å²) in [5.41, 5.74) is 0. The van der Waals surface area contributed by atoms with Gasteiger partial charge in [-0.1, -0.05) is 6.92 Å². The highest BCUT2D eigenvalue weighted by Crippen LogP contribution is 2.30. The first-order valence-corrected chi connectivity index (χ1v) is 7.24. The highest BCUT2D eigenvalue weighted by Gasteiger charge is 2.33. The summed E-state index contributed by atoms with van der Waals surface area (Å²) in [5, 5.41) is 3.68. The molecule has 0 bridgehead atoms. The van der Waals surface area contributed by atoms with E-state index in [1.807, 2.05) is 0 Å². The zero-order chi connectivity index (χ0) is 12.1. The summed E-state index contributed by atoms with van der Waals surface area (Å²) in [6, 6.07) is 0.639. The third kappa shape index (κ3) is 3.67. The lowest BCUT2D eigenvalue weighted by Gasteiger charge is -2.31. The number of hydrogen-bond acceptors (Lipinski definition) is 3. The van der Waals surface area contributed by atoms with E-state index in [0.29, 0.717) is 18.1 Å². The summed E-state index contributed by atoms with van der Waals surface area (Å²) in [6.07, 6.45) is 5.43. The molecule has 3 atom stereocenters. The fourth-order valence-electron chi connectivity index (χ4n) is 3.29. The first-order chi connectivity index (χ1) is 8.31. The second kappa shape index (κ2) is 6.72. The van der Waals surface area contributed by atoms with Gasteiger partial charge in [0.05, 0.1) is 6.10 Å². The van der Waals surface area contributed by atoms with Crippen LogP contribution >= 0.6 is 0 Å². The molecule has 17 heavy (non-hydrogen) atoms. The summed E-state index contributed by atoms with van der Waals surface area (Å²) in [4.78, 5) is 0. The Kier molecular flexibility index (Phi) is 5.26. The number of rotatable bonds is 5. The van der Waals surface area contributed by atoms with Gasteiger partial charge in [0.25, 0.3) is 0 Å². The van der Waals surface area contributed by atoms with E-state index in [9.17, 15) is 0 Å². The van der Waals surface area contributed by atoms with Crippen LogP contribution in [0, 0.1) is 11.8 Å². The van der Waals surface area contributed by atoms with Gasteiger partial charge in [-0.25, -0.2) is 0 Å². The monoisotopic (exact) mass is 241 g/mol. The highest BCUT2D eigenvalue weighted by molar-refractivity contribution is 4.86. The molecular formula is C14H27NO2. The maximum absolute atomic E-state index is 5.72. The summed E-state index contributed by atoms with van der Waals surface area (Å²) in [6.45, 7) is 8.36. The van der Waals surface area contributed by atoms with Crippen LogP contribution in [0.5, 0.6) is 0 Å². The molecule has 0 spiro atoms. The lowest BCUT2D eigenvalue weighted by atomic mass is 9.84. The molecular weight excluding hydrogens is 214 g/mol. The van der Waals surface area contributed by atoms with E-state index in [-0.39, 0.29) is 0 Å². The van der Waals surface area contributed by atoms with Crippen molar-refractivity contribution in [2.75, 3.05) is 26.4 Å². The Balaban J connectivity index is 1.86. The van der Waals surface area contributed by atoms with Crippen LogP contribution < -0.4 is 5.32 Å². The lowest BCUT2D eigenvalue weighted by molar-refractivity contribution is 0.0519. The molecule has 3 heteroatoms. The fourth-order valence-corrected chi connectivity index (χ4v) is 3.29. The van der Waals surface area contributed by atoms with Crippen molar-refractivity contribution in [1.29, 1.82) is 0 Å². The summed E-state index contributed by atoms with van der Waals surface area (Å²) in [7, 11) is 0. The molecule has 2 aliphatic rings. The Labute approximate surface area is 105 Å². The minimum absolute atomic E-state index is 0.430. The van der Waals surface area contributed by atoms with Crippen LogP contribution in [0.4, 0.5) is 0 Å². The van der Waals surface area contributed by atoms with Crippen LogP contribution in [0.2, 0.25) is 0 Å². The molecule has 2 fully saturated rings. The maximum Gasteiger partial charge on any atom is 0.0590 e. The summed E-state index contributed by atoms with van der Waals surface area (Å²) < 4.78 is 11.2. The third-order valence-electron chi connectivity index (χ3n) is 4.35. The van der Waals surface area contributed by atoms with Gasteiger partial charge >= 0.3 is 0 Å². The van der Waals surface area contributed by atoms with Crippen LogP contribution in [-0.2, 0) is 9.47 Å². The molecule has 0 amide bonds. The summed E-state index contributed by atoms with van der Waals surface area (Å²) in [5.74, 6) is 1.55. The van der Waals surface area contributed by atoms with Gasteiger partial charge in [0, 0.05) is 31.8 Å². The molecule has 0 aromatic rings. The van der Waals surface area contributed by atoms with E-state index in [1.165, 1.54) is 25.7 Å². The van der Waals surface area contributed by atoms with Gasteiger partial charge in [-0.15, -0.1) is 0 Å². The van der Waals surface area contributed by atoms with E-state index in [2.05, 4.69) is 19.2 Å². The maximum atomic E-state index is 5.72. The Hall–Kier alpha value is -0.120. The molecule has 3 nitrogen and oxygen atoms in total. The van der Waals surface area contributed by atoms with Crippen molar-refractivity contribution < 1.29 is 9.47 Å². The normalized spacial score (nSPS) is 32.8. The van der Waals surface area contributed by atoms with Gasteiger partial charge in [-0.3, -0.25) is 0 Å². The van der Waals surface area contributed by atoms with Crippen LogP contribution in [0.25, 0.3) is 0 Å². The second-order valence-corrected chi connectivity index (χ2v) is 5.48. The minimum Gasteiger partial charge on any atom is -0.381 e. The standard InChI is InChI=1S/C14H27NO2/c1-3-15-14(13-6-9-17-11(13)2)10-12-4-7-16-8-5-12/h11-15H,3-10H2,1-2H3. The van der Waals surface area contributed by atoms with Crippen molar-refractivity contribution in [1.82, 2.24) is 5.32 Å².